The minimum atomic E-state index is -4.40. The fraction of sp³-hybridized carbons (Fsp3) is 0.682. The maximum Gasteiger partial charge on any atom is 0.416 e. The zero-order chi connectivity index (χ0) is 23.8. The molecule has 180 valence electrons. The van der Waals surface area contributed by atoms with Crippen molar-refractivity contribution in [1.82, 2.24) is 9.21 Å². The monoisotopic (exact) mass is 475 g/mol. The van der Waals surface area contributed by atoms with E-state index < -0.39 is 39.8 Å². The number of hydrogen-bond acceptors (Lipinski definition) is 5. The quantitative estimate of drug-likeness (QED) is 0.655. The van der Waals surface area contributed by atoms with E-state index in [9.17, 15) is 26.4 Å². The number of amides is 1. The van der Waals surface area contributed by atoms with Crippen LogP contribution in [0.1, 0.15) is 44.2 Å². The second-order valence-electron chi connectivity index (χ2n) is 9.59. The van der Waals surface area contributed by atoms with Gasteiger partial charge in [0.1, 0.15) is 0 Å². The molecule has 1 heterocycles. The van der Waals surface area contributed by atoms with Gasteiger partial charge in [0.05, 0.1) is 23.9 Å². The standard InChI is InChI=1S/C22H32F3N3O3S/c1-14(2)9-19(26)21(29)28(32(3,30)31)20-8-7-16-12-27(13-18(16)20)11-15-5-4-6-17(10-15)22(23,24)25/h4-6,10,14,16,18-20H,7-9,11-13,26H2,1-3H3/t16-,18?,19-,20?/m0/s1. The first kappa shape index (κ1) is 25.0. The number of nitrogens with two attached hydrogens (primary N) is 1. The van der Waals surface area contributed by atoms with Crippen LogP contribution in [0.4, 0.5) is 13.2 Å². The average Bonchev–Trinajstić information content (AvgIpc) is 3.21. The van der Waals surface area contributed by atoms with Gasteiger partial charge in [0.25, 0.3) is 5.91 Å². The third kappa shape index (κ3) is 5.63. The highest BCUT2D eigenvalue weighted by atomic mass is 32.2. The van der Waals surface area contributed by atoms with Gasteiger partial charge in [-0.1, -0.05) is 32.0 Å². The van der Waals surface area contributed by atoms with Gasteiger partial charge < -0.3 is 5.73 Å². The van der Waals surface area contributed by atoms with Crippen LogP contribution in [0, 0.1) is 17.8 Å². The van der Waals surface area contributed by atoms with Crippen LogP contribution in [-0.4, -0.2) is 55.0 Å². The minimum Gasteiger partial charge on any atom is -0.320 e. The van der Waals surface area contributed by atoms with E-state index in [0.717, 1.165) is 29.1 Å². The van der Waals surface area contributed by atoms with E-state index in [1.54, 1.807) is 6.07 Å². The van der Waals surface area contributed by atoms with Gasteiger partial charge in [0.2, 0.25) is 10.0 Å². The third-order valence-corrected chi connectivity index (χ3v) is 7.64. The van der Waals surface area contributed by atoms with Crippen LogP contribution in [0.5, 0.6) is 0 Å². The lowest BCUT2D eigenvalue weighted by molar-refractivity contribution is -0.137. The van der Waals surface area contributed by atoms with Gasteiger partial charge in [-0.05, 0) is 48.6 Å². The van der Waals surface area contributed by atoms with Gasteiger partial charge >= 0.3 is 6.18 Å². The lowest BCUT2D eigenvalue weighted by atomic mass is 9.97. The van der Waals surface area contributed by atoms with Crippen LogP contribution in [-0.2, 0) is 27.5 Å². The molecule has 0 spiro atoms. The van der Waals surface area contributed by atoms with E-state index in [2.05, 4.69) is 4.90 Å². The van der Waals surface area contributed by atoms with E-state index in [4.69, 9.17) is 5.73 Å². The summed E-state index contributed by atoms with van der Waals surface area (Å²) in [5, 5.41) is 0. The topological polar surface area (TPSA) is 83.7 Å². The average molecular weight is 476 g/mol. The molecule has 1 saturated carbocycles. The number of rotatable bonds is 7. The SMILES string of the molecule is CC(C)C[C@H](N)C(=O)N(C1CC[C@H]2CN(Cc3cccc(C(F)(F)F)c3)CC12)S(C)(=O)=O. The first-order valence-electron chi connectivity index (χ1n) is 10.9. The Morgan fingerprint density at radius 2 is 1.94 bits per heavy atom. The van der Waals surface area contributed by atoms with Crippen molar-refractivity contribution in [2.75, 3.05) is 19.3 Å². The zero-order valence-corrected chi connectivity index (χ0v) is 19.5. The molecule has 2 aliphatic rings. The van der Waals surface area contributed by atoms with Crippen molar-refractivity contribution in [3.8, 4) is 0 Å². The van der Waals surface area contributed by atoms with Gasteiger partial charge in [0.15, 0.2) is 0 Å². The molecule has 0 bridgehead atoms. The summed E-state index contributed by atoms with van der Waals surface area (Å²) >= 11 is 0. The van der Waals surface area contributed by atoms with E-state index >= 15 is 0 Å². The largest absolute Gasteiger partial charge is 0.416 e. The Kier molecular flexibility index (Phi) is 7.26. The molecule has 2 unspecified atom stereocenters. The molecule has 0 radical (unpaired) electrons. The first-order chi connectivity index (χ1) is 14.8. The number of halogens is 3. The Hall–Kier alpha value is -1.65. The number of hydrogen-bond donors (Lipinski definition) is 1. The maximum atomic E-state index is 13.0. The molecule has 1 aliphatic carbocycles. The molecule has 4 atom stereocenters. The highest BCUT2D eigenvalue weighted by Crippen LogP contribution is 2.42. The summed E-state index contributed by atoms with van der Waals surface area (Å²) in [7, 11) is -3.81. The number of sulfonamides is 1. The van der Waals surface area contributed by atoms with Gasteiger partial charge in [-0.2, -0.15) is 13.2 Å². The molecule has 0 aromatic heterocycles. The summed E-state index contributed by atoms with van der Waals surface area (Å²) in [6.45, 7) is 5.40. The molecule has 32 heavy (non-hydrogen) atoms. The summed E-state index contributed by atoms with van der Waals surface area (Å²) in [5.41, 5.74) is 5.92. The van der Waals surface area contributed by atoms with Crippen molar-refractivity contribution in [2.24, 2.45) is 23.5 Å². The number of nitrogens with zero attached hydrogens (tertiary/aromatic N) is 2. The molecule has 1 saturated heterocycles. The second kappa shape index (κ2) is 9.30. The number of benzene rings is 1. The number of likely N-dealkylation sites (tertiary alicyclic amines) is 1. The van der Waals surface area contributed by atoms with Crippen LogP contribution in [0.25, 0.3) is 0 Å². The molecular weight excluding hydrogens is 443 g/mol. The van der Waals surface area contributed by atoms with Crippen LogP contribution in [0.2, 0.25) is 0 Å². The van der Waals surface area contributed by atoms with Crippen molar-refractivity contribution < 1.29 is 26.4 Å². The lowest BCUT2D eigenvalue weighted by Gasteiger charge is -2.33. The Bertz CT molecular complexity index is 936. The molecular formula is C22H32F3N3O3S. The number of carbonyl (C=O) groups excluding carboxylic acids is 1. The van der Waals surface area contributed by atoms with E-state index in [-0.39, 0.29) is 17.8 Å². The van der Waals surface area contributed by atoms with Crippen molar-refractivity contribution in [1.29, 1.82) is 0 Å². The first-order valence-corrected chi connectivity index (χ1v) is 12.8. The third-order valence-electron chi connectivity index (χ3n) is 6.47. The van der Waals surface area contributed by atoms with Crippen molar-refractivity contribution in [3.05, 3.63) is 35.4 Å². The van der Waals surface area contributed by atoms with Crippen LogP contribution in [0.3, 0.4) is 0 Å². The summed E-state index contributed by atoms with van der Waals surface area (Å²) in [6, 6.07) is 3.92. The Morgan fingerprint density at radius 1 is 1.25 bits per heavy atom. The van der Waals surface area contributed by atoms with Crippen LogP contribution >= 0.6 is 0 Å². The summed E-state index contributed by atoms with van der Waals surface area (Å²) < 4.78 is 65.2. The smallest absolute Gasteiger partial charge is 0.320 e. The number of fused-ring (bicyclic) bond motifs is 1. The van der Waals surface area contributed by atoms with Gasteiger partial charge in [-0.3, -0.25) is 9.69 Å². The maximum absolute atomic E-state index is 13.0. The van der Waals surface area contributed by atoms with E-state index in [1.807, 2.05) is 13.8 Å². The summed E-state index contributed by atoms with van der Waals surface area (Å²) in [6.07, 6.45) is -1.61. The van der Waals surface area contributed by atoms with Crippen molar-refractivity contribution >= 4 is 15.9 Å². The Balaban J connectivity index is 1.74. The predicted octanol–water partition coefficient (Wildman–Crippen LogP) is 3.08. The summed E-state index contributed by atoms with van der Waals surface area (Å²) in [4.78, 5) is 15.1. The molecule has 1 aromatic carbocycles. The minimum absolute atomic E-state index is 0.0503. The van der Waals surface area contributed by atoms with Crippen LogP contribution in [0.15, 0.2) is 24.3 Å². The Morgan fingerprint density at radius 3 is 2.53 bits per heavy atom. The van der Waals surface area contributed by atoms with Gasteiger partial charge in [-0.15, -0.1) is 0 Å². The van der Waals surface area contributed by atoms with Gasteiger partial charge in [0, 0.05) is 19.6 Å². The Labute approximate surface area is 188 Å². The van der Waals surface area contributed by atoms with Crippen molar-refractivity contribution in [2.45, 2.75) is 57.9 Å². The van der Waals surface area contributed by atoms with Crippen molar-refractivity contribution in [3.63, 3.8) is 0 Å². The molecule has 2 fully saturated rings. The normalized spacial score (nSPS) is 25.2. The summed E-state index contributed by atoms with van der Waals surface area (Å²) in [5.74, 6) is -0.265. The molecule has 1 aliphatic heterocycles. The van der Waals surface area contributed by atoms with E-state index in [0.29, 0.717) is 38.0 Å². The second-order valence-corrected chi connectivity index (χ2v) is 11.5. The highest BCUT2D eigenvalue weighted by Gasteiger charge is 2.49. The number of alkyl halides is 3. The molecule has 1 aromatic rings. The molecule has 2 N–H and O–H groups in total. The van der Waals surface area contributed by atoms with E-state index in [1.165, 1.54) is 6.07 Å². The molecule has 3 rings (SSSR count). The molecule has 10 heteroatoms. The fourth-order valence-corrected chi connectivity index (χ4v) is 6.41. The lowest BCUT2D eigenvalue weighted by Crippen LogP contribution is -2.53. The molecule has 6 nitrogen and oxygen atoms in total. The predicted molar refractivity (Wildman–Crippen MR) is 116 cm³/mol. The highest BCUT2D eigenvalue weighted by molar-refractivity contribution is 7.88. The number of carbonyl (C=O) groups is 1. The van der Waals surface area contributed by atoms with Gasteiger partial charge in [-0.25, -0.2) is 12.7 Å². The van der Waals surface area contributed by atoms with Crippen LogP contribution < -0.4 is 5.73 Å². The fourth-order valence-electron chi connectivity index (χ4n) is 5.20. The zero-order valence-electron chi connectivity index (χ0n) is 18.7. The molecule has 1 amide bonds.